The lowest BCUT2D eigenvalue weighted by molar-refractivity contribution is -0.384. The Labute approximate surface area is 155 Å². The van der Waals surface area contributed by atoms with Crippen LogP contribution in [-0.2, 0) is 16.6 Å². The third-order valence-electron chi connectivity index (χ3n) is 4.25. The Morgan fingerprint density at radius 3 is 2.74 bits per heavy atom. The Bertz CT molecular complexity index is 981. The third-order valence-corrected chi connectivity index (χ3v) is 6.12. The maximum Gasteiger partial charge on any atom is 0.295 e. The molecule has 1 saturated heterocycles. The van der Waals surface area contributed by atoms with Gasteiger partial charge in [-0.15, -0.1) is 0 Å². The molecule has 0 saturated carbocycles. The molecular formula is C17H18FN3O5S. The van der Waals surface area contributed by atoms with E-state index in [0.717, 1.165) is 11.6 Å². The summed E-state index contributed by atoms with van der Waals surface area (Å²) in [6.07, 6.45) is 0.576. The molecule has 0 spiro atoms. The molecule has 0 aromatic heterocycles. The van der Waals surface area contributed by atoms with Crippen molar-refractivity contribution in [2.24, 2.45) is 0 Å². The van der Waals surface area contributed by atoms with Crippen molar-refractivity contribution in [1.82, 2.24) is 0 Å². The minimum Gasteiger partial charge on any atom is -0.494 e. The van der Waals surface area contributed by atoms with Crippen LogP contribution in [0.4, 0.5) is 21.5 Å². The van der Waals surface area contributed by atoms with Gasteiger partial charge in [0.05, 0.1) is 29.5 Å². The fourth-order valence-corrected chi connectivity index (χ4v) is 4.50. The fraction of sp³-hybridized carbons (Fsp3) is 0.294. The zero-order chi connectivity index (χ0) is 19.6. The quantitative estimate of drug-likeness (QED) is 0.596. The van der Waals surface area contributed by atoms with Crippen molar-refractivity contribution in [2.45, 2.75) is 13.0 Å². The second-order valence-electron chi connectivity index (χ2n) is 6.03. The number of halogens is 1. The number of anilines is 2. The van der Waals surface area contributed by atoms with E-state index in [2.05, 4.69) is 5.32 Å². The van der Waals surface area contributed by atoms with Gasteiger partial charge in [0, 0.05) is 19.2 Å². The van der Waals surface area contributed by atoms with Gasteiger partial charge in [-0.05, 0) is 24.1 Å². The Morgan fingerprint density at radius 1 is 1.33 bits per heavy atom. The normalized spacial score (nSPS) is 15.6. The smallest absolute Gasteiger partial charge is 0.295 e. The van der Waals surface area contributed by atoms with Crippen molar-refractivity contribution in [3.63, 3.8) is 0 Å². The summed E-state index contributed by atoms with van der Waals surface area (Å²) in [5.41, 5.74) is 0.981. The molecular weight excluding hydrogens is 377 g/mol. The highest BCUT2D eigenvalue weighted by atomic mass is 32.2. The lowest BCUT2D eigenvalue weighted by atomic mass is 10.2. The number of hydrogen-bond donors (Lipinski definition) is 1. The van der Waals surface area contributed by atoms with Crippen LogP contribution in [0, 0.1) is 15.9 Å². The van der Waals surface area contributed by atoms with Crippen molar-refractivity contribution < 1.29 is 22.5 Å². The molecule has 1 aliphatic rings. The molecule has 2 aromatic rings. The number of nitrogens with zero attached hydrogens (tertiary/aromatic N) is 2. The van der Waals surface area contributed by atoms with Crippen molar-refractivity contribution in [2.75, 3.05) is 29.0 Å². The molecule has 27 heavy (non-hydrogen) atoms. The predicted octanol–water partition coefficient (Wildman–Crippen LogP) is 2.89. The highest BCUT2D eigenvalue weighted by Crippen LogP contribution is 2.32. The lowest BCUT2D eigenvalue weighted by Crippen LogP contribution is -2.25. The SMILES string of the molecule is COc1cc(NCc2cccc(N3CCCS3(=O)=O)c2)c([N+](=O)[O-])cc1F. The predicted molar refractivity (Wildman–Crippen MR) is 99.1 cm³/mol. The Hall–Kier alpha value is -2.88. The average Bonchev–Trinajstić information content (AvgIpc) is 2.99. The first-order valence-corrected chi connectivity index (χ1v) is 9.78. The first-order chi connectivity index (χ1) is 12.8. The van der Waals surface area contributed by atoms with Crippen molar-refractivity contribution >= 4 is 27.1 Å². The molecule has 10 heteroatoms. The van der Waals surface area contributed by atoms with Gasteiger partial charge in [-0.2, -0.15) is 0 Å². The summed E-state index contributed by atoms with van der Waals surface area (Å²) < 4.78 is 44.1. The van der Waals surface area contributed by atoms with E-state index >= 15 is 0 Å². The van der Waals surface area contributed by atoms with Gasteiger partial charge in [-0.3, -0.25) is 14.4 Å². The molecule has 0 amide bonds. The Balaban J connectivity index is 1.83. The monoisotopic (exact) mass is 395 g/mol. The molecule has 0 bridgehead atoms. The van der Waals surface area contributed by atoms with Crippen LogP contribution in [0.15, 0.2) is 36.4 Å². The van der Waals surface area contributed by atoms with E-state index in [0.29, 0.717) is 18.7 Å². The average molecular weight is 395 g/mol. The number of methoxy groups -OCH3 is 1. The molecule has 3 rings (SSSR count). The second-order valence-corrected chi connectivity index (χ2v) is 8.04. The molecule has 0 unspecified atom stereocenters. The summed E-state index contributed by atoms with van der Waals surface area (Å²) in [4.78, 5) is 10.5. The van der Waals surface area contributed by atoms with Crippen LogP contribution < -0.4 is 14.4 Å². The summed E-state index contributed by atoms with van der Waals surface area (Å²) in [5.74, 6) is -0.812. The van der Waals surface area contributed by atoms with E-state index in [1.54, 1.807) is 24.3 Å². The van der Waals surface area contributed by atoms with Gasteiger partial charge in [0.1, 0.15) is 5.69 Å². The molecule has 8 nitrogen and oxygen atoms in total. The topological polar surface area (TPSA) is 102 Å². The summed E-state index contributed by atoms with van der Waals surface area (Å²) in [5, 5.41) is 14.1. The number of nitro groups is 1. The van der Waals surface area contributed by atoms with Crippen LogP contribution in [0.2, 0.25) is 0 Å². The van der Waals surface area contributed by atoms with E-state index in [1.807, 2.05) is 0 Å². The molecule has 0 radical (unpaired) electrons. The molecule has 2 aromatic carbocycles. The van der Waals surface area contributed by atoms with Gasteiger partial charge in [-0.25, -0.2) is 12.8 Å². The first kappa shape index (κ1) is 18.9. The van der Waals surface area contributed by atoms with E-state index in [9.17, 15) is 22.9 Å². The summed E-state index contributed by atoms with van der Waals surface area (Å²) >= 11 is 0. The number of sulfonamides is 1. The fourth-order valence-electron chi connectivity index (χ4n) is 2.94. The van der Waals surface area contributed by atoms with Crippen LogP contribution in [-0.4, -0.2) is 32.7 Å². The van der Waals surface area contributed by atoms with E-state index in [1.165, 1.54) is 17.5 Å². The molecule has 1 fully saturated rings. The van der Waals surface area contributed by atoms with E-state index in [4.69, 9.17) is 4.74 Å². The lowest BCUT2D eigenvalue weighted by Gasteiger charge is -2.18. The van der Waals surface area contributed by atoms with E-state index < -0.39 is 26.5 Å². The molecule has 1 heterocycles. The van der Waals surface area contributed by atoms with Crippen LogP contribution in [0.3, 0.4) is 0 Å². The number of ether oxygens (including phenoxy) is 1. The van der Waals surface area contributed by atoms with Gasteiger partial charge in [0.25, 0.3) is 5.69 Å². The van der Waals surface area contributed by atoms with Crippen molar-refractivity contribution in [1.29, 1.82) is 0 Å². The number of rotatable bonds is 6. The highest BCUT2D eigenvalue weighted by molar-refractivity contribution is 7.93. The number of benzene rings is 2. The second kappa shape index (κ2) is 7.39. The third kappa shape index (κ3) is 3.95. The molecule has 1 N–H and O–H groups in total. The molecule has 144 valence electrons. The minimum absolute atomic E-state index is 0.109. The standard InChI is InChI=1S/C17H18FN3O5S/c1-26-17-10-15(16(21(22)23)9-14(17)18)19-11-12-4-2-5-13(8-12)20-6-3-7-27(20,24)25/h2,4-5,8-10,19H,3,6-7,11H2,1H3. The highest BCUT2D eigenvalue weighted by Gasteiger charge is 2.28. The van der Waals surface area contributed by atoms with Gasteiger partial charge in [-0.1, -0.05) is 12.1 Å². The van der Waals surface area contributed by atoms with Gasteiger partial charge < -0.3 is 10.1 Å². The summed E-state index contributed by atoms with van der Waals surface area (Å²) in [6, 6.07) is 8.93. The Morgan fingerprint density at radius 2 is 2.11 bits per heavy atom. The molecule has 0 aliphatic carbocycles. The maximum absolute atomic E-state index is 13.7. The number of nitro benzene ring substituents is 1. The minimum atomic E-state index is -3.29. The van der Waals surface area contributed by atoms with Gasteiger partial charge in [0.2, 0.25) is 10.0 Å². The van der Waals surface area contributed by atoms with Crippen LogP contribution in [0.25, 0.3) is 0 Å². The summed E-state index contributed by atoms with van der Waals surface area (Å²) in [6.45, 7) is 0.622. The van der Waals surface area contributed by atoms with Crippen molar-refractivity contribution in [3.8, 4) is 5.75 Å². The van der Waals surface area contributed by atoms with Gasteiger partial charge >= 0.3 is 0 Å². The number of nitrogens with one attached hydrogen (secondary N) is 1. The maximum atomic E-state index is 13.7. The van der Waals surface area contributed by atoms with Gasteiger partial charge in [0.15, 0.2) is 11.6 Å². The largest absolute Gasteiger partial charge is 0.494 e. The van der Waals surface area contributed by atoms with E-state index in [-0.39, 0.29) is 23.7 Å². The first-order valence-electron chi connectivity index (χ1n) is 8.17. The molecule has 0 atom stereocenters. The van der Waals surface area contributed by atoms with Crippen LogP contribution in [0.5, 0.6) is 5.75 Å². The Kier molecular flexibility index (Phi) is 5.17. The van der Waals surface area contributed by atoms with Crippen molar-refractivity contribution in [3.05, 3.63) is 57.9 Å². The van der Waals surface area contributed by atoms with Crippen LogP contribution in [0.1, 0.15) is 12.0 Å². The number of hydrogen-bond acceptors (Lipinski definition) is 6. The zero-order valence-electron chi connectivity index (χ0n) is 14.5. The zero-order valence-corrected chi connectivity index (χ0v) is 15.3. The molecule has 1 aliphatic heterocycles. The summed E-state index contributed by atoms with van der Waals surface area (Å²) in [7, 11) is -2.02. The van der Waals surface area contributed by atoms with Crippen LogP contribution >= 0.6 is 0 Å².